The number of halogens is 1. The Morgan fingerprint density at radius 1 is 1.06 bits per heavy atom. The van der Waals surface area contributed by atoms with Crippen LogP contribution in [0.1, 0.15) is 34.6 Å². The number of nitrogens with one attached hydrogen (secondary N) is 2. The molecular weight excluding hydrogens is 393 g/mol. The van der Waals surface area contributed by atoms with Gasteiger partial charge in [0.05, 0.1) is 17.0 Å². The van der Waals surface area contributed by atoms with Crippen LogP contribution in [0.15, 0.2) is 60.9 Å². The third-order valence-electron chi connectivity index (χ3n) is 5.51. The highest BCUT2D eigenvalue weighted by atomic mass is 19.1. The predicted molar refractivity (Wildman–Crippen MR) is 120 cm³/mol. The molecule has 160 valence electrons. The van der Waals surface area contributed by atoms with E-state index >= 15 is 0 Å². The van der Waals surface area contributed by atoms with E-state index in [9.17, 15) is 9.18 Å². The first-order valence-corrected chi connectivity index (χ1v) is 10.5. The summed E-state index contributed by atoms with van der Waals surface area (Å²) in [6.07, 6.45) is 5.71. The van der Waals surface area contributed by atoms with Gasteiger partial charge >= 0.3 is 0 Å². The minimum absolute atomic E-state index is 0.0396. The van der Waals surface area contributed by atoms with Gasteiger partial charge in [-0.1, -0.05) is 12.1 Å². The zero-order valence-electron chi connectivity index (χ0n) is 17.5. The van der Waals surface area contributed by atoms with Gasteiger partial charge in [-0.25, -0.2) is 4.39 Å². The molecular formula is C24H26FN5O. The largest absolute Gasteiger partial charge is 0.371 e. The Bertz CT molecular complexity index is 1010. The molecule has 6 nitrogen and oxygen atoms in total. The van der Waals surface area contributed by atoms with Crippen LogP contribution in [0.5, 0.6) is 0 Å². The van der Waals surface area contributed by atoms with Crippen LogP contribution in [0, 0.1) is 12.7 Å². The average molecular weight is 420 g/mol. The van der Waals surface area contributed by atoms with Crippen molar-refractivity contribution in [1.82, 2.24) is 15.3 Å². The van der Waals surface area contributed by atoms with Gasteiger partial charge in [0.25, 0.3) is 5.91 Å². The molecule has 1 amide bonds. The number of amides is 1. The minimum Gasteiger partial charge on any atom is -0.371 e. The molecule has 0 aliphatic carbocycles. The summed E-state index contributed by atoms with van der Waals surface area (Å²) in [6, 6.07) is 14.1. The highest BCUT2D eigenvalue weighted by molar-refractivity contribution is 6.04. The minimum atomic E-state index is -0.525. The van der Waals surface area contributed by atoms with E-state index in [0.29, 0.717) is 11.7 Å². The fourth-order valence-corrected chi connectivity index (χ4v) is 3.70. The van der Waals surface area contributed by atoms with Crippen LogP contribution >= 0.6 is 0 Å². The molecule has 1 aromatic heterocycles. The predicted octanol–water partition coefficient (Wildman–Crippen LogP) is 3.94. The molecule has 0 spiro atoms. The van der Waals surface area contributed by atoms with Gasteiger partial charge < -0.3 is 15.5 Å². The lowest BCUT2D eigenvalue weighted by atomic mass is 10.0. The Morgan fingerprint density at radius 3 is 2.48 bits per heavy atom. The lowest BCUT2D eigenvalue weighted by Gasteiger charge is -2.34. The SMILES string of the molecule is Cc1cnc(CNC2CCN(c3ccc(NC(=O)c4ccccc4F)cc3)CC2)cn1. The molecule has 0 saturated carbocycles. The standard InChI is InChI=1S/C24H26FN5O/c1-17-14-27-20(15-26-17)16-28-18-10-12-30(13-11-18)21-8-6-19(7-9-21)29-24(31)22-4-2-3-5-23(22)25/h2-9,14-15,18,28H,10-13,16H2,1H3,(H,29,31). The van der Waals surface area contributed by atoms with Crippen molar-refractivity contribution in [1.29, 1.82) is 0 Å². The van der Waals surface area contributed by atoms with Crippen molar-refractivity contribution in [2.75, 3.05) is 23.3 Å². The van der Waals surface area contributed by atoms with Crippen LogP contribution in [0.25, 0.3) is 0 Å². The topological polar surface area (TPSA) is 70.2 Å². The molecule has 1 aliphatic rings. The Morgan fingerprint density at radius 2 is 1.81 bits per heavy atom. The molecule has 31 heavy (non-hydrogen) atoms. The number of aryl methyl sites for hydroxylation is 1. The van der Waals surface area contributed by atoms with E-state index < -0.39 is 11.7 Å². The molecule has 0 unspecified atom stereocenters. The zero-order chi connectivity index (χ0) is 21.6. The summed E-state index contributed by atoms with van der Waals surface area (Å²) < 4.78 is 13.8. The van der Waals surface area contributed by atoms with E-state index in [2.05, 4.69) is 25.5 Å². The second-order valence-corrected chi connectivity index (χ2v) is 7.77. The first-order valence-electron chi connectivity index (χ1n) is 10.5. The molecule has 2 heterocycles. The number of carbonyl (C=O) groups excluding carboxylic acids is 1. The van der Waals surface area contributed by atoms with Crippen molar-refractivity contribution < 1.29 is 9.18 Å². The number of piperidine rings is 1. The van der Waals surface area contributed by atoms with Crippen molar-refractivity contribution in [3.63, 3.8) is 0 Å². The number of hydrogen-bond donors (Lipinski definition) is 2. The molecule has 4 rings (SSSR count). The van der Waals surface area contributed by atoms with Crippen LogP contribution in [0.4, 0.5) is 15.8 Å². The van der Waals surface area contributed by atoms with E-state index in [-0.39, 0.29) is 5.56 Å². The Balaban J connectivity index is 1.26. The highest BCUT2D eigenvalue weighted by Crippen LogP contribution is 2.23. The number of hydrogen-bond acceptors (Lipinski definition) is 5. The fourth-order valence-electron chi connectivity index (χ4n) is 3.70. The molecule has 1 fully saturated rings. The summed E-state index contributed by atoms with van der Waals surface area (Å²) in [5.41, 5.74) is 3.69. The second kappa shape index (κ2) is 9.66. The van der Waals surface area contributed by atoms with Crippen LogP contribution in [0.2, 0.25) is 0 Å². The maximum absolute atomic E-state index is 13.8. The van der Waals surface area contributed by atoms with Gasteiger partial charge in [-0.3, -0.25) is 14.8 Å². The number of benzene rings is 2. The van der Waals surface area contributed by atoms with Crippen molar-refractivity contribution >= 4 is 17.3 Å². The number of nitrogens with zero attached hydrogens (tertiary/aromatic N) is 3. The summed E-state index contributed by atoms with van der Waals surface area (Å²) in [7, 11) is 0. The molecule has 2 N–H and O–H groups in total. The Labute approximate surface area is 181 Å². The molecule has 7 heteroatoms. The van der Waals surface area contributed by atoms with Crippen molar-refractivity contribution in [3.05, 3.63) is 83.7 Å². The third-order valence-corrected chi connectivity index (χ3v) is 5.51. The van der Waals surface area contributed by atoms with Crippen LogP contribution in [-0.4, -0.2) is 35.0 Å². The normalized spacial score (nSPS) is 14.5. The number of aromatic nitrogens is 2. The van der Waals surface area contributed by atoms with Crippen molar-refractivity contribution in [3.8, 4) is 0 Å². The van der Waals surface area contributed by atoms with Gasteiger partial charge in [-0.2, -0.15) is 0 Å². The van der Waals surface area contributed by atoms with Gasteiger partial charge in [-0.05, 0) is 56.2 Å². The molecule has 3 aromatic rings. The average Bonchev–Trinajstić information content (AvgIpc) is 2.80. The summed E-state index contributed by atoms with van der Waals surface area (Å²) in [4.78, 5) is 23.3. The first kappa shape index (κ1) is 20.9. The van der Waals surface area contributed by atoms with Gasteiger partial charge in [0.1, 0.15) is 5.82 Å². The van der Waals surface area contributed by atoms with E-state index in [4.69, 9.17) is 0 Å². The zero-order valence-corrected chi connectivity index (χ0v) is 17.5. The van der Waals surface area contributed by atoms with Gasteiger partial charge in [0.2, 0.25) is 0 Å². The third kappa shape index (κ3) is 5.44. The van der Waals surface area contributed by atoms with E-state index in [1.807, 2.05) is 37.4 Å². The van der Waals surface area contributed by atoms with E-state index in [1.165, 1.54) is 12.1 Å². The van der Waals surface area contributed by atoms with Gasteiger partial charge in [0.15, 0.2) is 0 Å². The van der Waals surface area contributed by atoms with Crippen molar-refractivity contribution in [2.24, 2.45) is 0 Å². The Hall–Kier alpha value is -3.32. The van der Waals surface area contributed by atoms with Crippen LogP contribution in [-0.2, 0) is 6.54 Å². The van der Waals surface area contributed by atoms with E-state index in [0.717, 1.165) is 49.6 Å². The number of rotatable bonds is 6. The van der Waals surface area contributed by atoms with Gasteiger partial charge in [-0.15, -0.1) is 0 Å². The van der Waals surface area contributed by atoms with Crippen molar-refractivity contribution in [2.45, 2.75) is 32.4 Å². The number of anilines is 2. The smallest absolute Gasteiger partial charge is 0.258 e. The maximum Gasteiger partial charge on any atom is 0.258 e. The summed E-state index contributed by atoms with van der Waals surface area (Å²) in [5, 5.41) is 6.33. The monoisotopic (exact) mass is 419 g/mol. The van der Waals surface area contributed by atoms with Crippen LogP contribution in [0.3, 0.4) is 0 Å². The van der Waals surface area contributed by atoms with E-state index in [1.54, 1.807) is 18.3 Å². The first-order chi connectivity index (χ1) is 15.1. The molecule has 1 aliphatic heterocycles. The summed E-state index contributed by atoms with van der Waals surface area (Å²) >= 11 is 0. The van der Waals surface area contributed by atoms with Crippen LogP contribution < -0.4 is 15.5 Å². The quantitative estimate of drug-likeness (QED) is 0.634. The lowest BCUT2D eigenvalue weighted by molar-refractivity contribution is 0.102. The molecule has 0 radical (unpaired) electrons. The summed E-state index contributed by atoms with van der Waals surface area (Å²) in [5.74, 6) is -0.974. The summed E-state index contributed by atoms with van der Waals surface area (Å²) in [6.45, 7) is 4.58. The maximum atomic E-state index is 13.8. The van der Waals surface area contributed by atoms with Gasteiger partial charge in [0, 0.05) is 49.4 Å². The molecule has 1 saturated heterocycles. The molecule has 0 bridgehead atoms. The highest BCUT2D eigenvalue weighted by Gasteiger charge is 2.19. The second-order valence-electron chi connectivity index (χ2n) is 7.77. The molecule has 2 aromatic carbocycles. The Kier molecular flexibility index (Phi) is 6.52. The lowest BCUT2D eigenvalue weighted by Crippen LogP contribution is -2.42. The number of carbonyl (C=O) groups is 1. The molecule has 0 atom stereocenters. The fraction of sp³-hybridized carbons (Fsp3) is 0.292.